The number of aryl methyl sites for hydroxylation is 1. The number of anilines is 1. The molecule has 0 spiro atoms. The molecule has 156 valence electrons. The first-order valence-corrected chi connectivity index (χ1v) is 10.4. The zero-order valence-corrected chi connectivity index (χ0v) is 17.3. The average Bonchev–Trinajstić information content (AvgIpc) is 3.21. The van der Waals surface area contributed by atoms with Gasteiger partial charge in [0, 0.05) is 29.1 Å². The number of non-ortho nitro benzene ring substituents is 1. The lowest BCUT2D eigenvalue weighted by molar-refractivity contribution is -0.384. The summed E-state index contributed by atoms with van der Waals surface area (Å²) in [7, 11) is 0. The molecule has 2 heterocycles. The Balaban J connectivity index is 1.71. The highest BCUT2D eigenvalue weighted by molar-refractivity contribution is 7.18. The zero-order valence-electron chi connectivity index (χ0n) is 16.5. The van der Waals surface area contributed by atoms with Crippen molar-refractivity contribution >= 4 is 39.0 Å². The summed E-state index contributed by atoms with van der Waals surface area (Å²) < 4.78 is 0. The number of nitrogens with one attached hydrogen (secondary N) is 1. The molecule has 2 aromatic heterocycles. The van der Waals surface area contributed by atoms with Crippen LogP contribution in [-0.4, -0.2) is 26.0 Å². The highest BCUT2D eigenvalue weighted by Gasteiger charge is 2.14. The third-order valence-corrected chi connectivity index (χ3v) is 5.94. The minimum atomic E-state index is -0.993. The summed E-state index contributed by atoms with van der Waals surface area (Å²) in [5.74, 6) is 0.119. The molecular formula is C22H18N4O4S. The SMILES string of the molecule is CCc1cc2c(NCc3cccc([N+](=O)[O-])c3)nc(-c3ccc(C(=O)O)cc3)nc2s1. The Morgan fingerprint density at radius 2 is 1.94 bits per heavy atom. The van der Waals surface area contributed by atoms with Gasteiger partial charge < -0.3 is 10.4 Å². The molecule has 0 bridgehead atoms. The van der Waals surface area contributed by atoms with Gasteiger partial charge in [0.05, 0.1) is 15.9 Å². The first-order valence-electron chi connectivity index (χ1n) is 9.56. The van der Waals surface area contributed by atoms with Gasteiger partial charge in [0.2, 0.25) is 0 Å². The van der Waals surface area contributed by atoms with E-state index >= 15 is 0 Å². The number of carboxylic acids is 1. The second-order valence-corrected chi connectivity index (χ2v) is 7.96. The van der Waals surface area contributed by atoms with Crippen molar-refractivity contribution in [1.82, 2.24) is 9.97 Å². The van der Waals surface area contributed by atoms with E-state index in [0.717, 1.165) is 22.2 Å². The van der Waals surface area contributed by atoms with E-state index in [1.807, 2.05) is 12.1 Å². The van der Waals surface area contributed by atoms with Crippen LogP contribution in [-0.2, 0) is 13.0 Å². The maximum Gasteiger partial charge on any atom is 0.335 e. The first kappa shape index (κ1) is 20.4. The molecule has 9 heteroatoms. The summed E-state index contributed by atoms with van der Waals surface area (Å²) in [5.41, 5.74) is 1.70. The molecule has 2 N–H and O–H groups in total. The quantitative estimate of drug-likeness (QED) is 0.305. The lowest BCUT2D eigenvalue weighted by Gasteiger charge is -2.09. The lowest BCUT2D eigenvalue weighted by Crippen LogP contribution is -2.04. The third-order valence-electron chi connectivity index (χ3n) is 4.76. The number of nitro benzene ring substituents is 1. The maximum absolute atomic E-state index is 11.1. The predicted molar refractivity (Wildman–Crippen MR) is 120 cm³/mol. The van der Waals surface area contributed by atoms with Gasteiger partial charge in [-0.1, -0.05) is 31.2 Å². The number of nitrogens with zero attached hydrogens (tertiary/aromatic N) is 3. The predicted octanol–water partition coefficient (Wildman–Crippen LogP) is 5.14. The van der Waals surface area contributed by atoms with Crippen LogP contribution in [0, 0.1) is 10.1 Å². The first-order chi connectivity index (χ1) is 14.9. The van der Waals surface area contributed by atoms with Crippen molar-refractivity contribution in [2.75, 3.05) is 5.32 Å². The number of rotatable bonds is 7. The number of aromatic nitrogens is 2. The Morgan fingerprint density at radius 1 is 1.16 bits per heavy atom. The van der Waals surface area contributed by atoms with Crippen molar-refractivity contribution in [1.29, 1.82) is 0 Å². The number of carbonyl (C=O) groups is 1. The Hall–Kier alpha value is -3.85. The minimum Gasteiger partial charge on any atom is -0.478 e. The summed E-state index contributed by atoms with van der Waals surface area (Å²) in [5, 5.41) is 24.3. The molecule has 0 fully saturated rings. The number of hydrogen-bond donors (Lipinski definition) is 2. The second kappa shape index (κ2) is 8.49. The number of benzene rings is 2. The molecule has 0 saturated carbocycles. The Labute approximate surface area is 181 Å². The molecule has 31 heavy (non-hydrogen) atoms. The molecule has 2 aromatic carbocycles. The molecule has 0 unspecified atom stereocenters. The molecule has 8 nitrogen and oxygen atoms in total. The van der Waals surface area contributed by atoms with E-state index in [1.165, 1.54) is 29.1 Å². The fourth-order valence-electron chi connectivity index (χ4n) is 3.14. The molecule has 0 aliphatic carbocycles. The van der Waals surface area contributed by atoms with E-state index in [4.69, 9.17) is 5.11 Å². The molecule has 0 aliphatic rings. The number of fused-ring (bicyclic) bond motifs is 1. The van der Waals surface area contributed by atoms with Crippen LogP contribution < -0.4 is 5.32 Å². The van der Waals surface area contributed by atoms with Crippen LogP contribution in [0.1, 0.15) is 27.7 Å². The summed E-state index contributed by atoms with van der Waals surface area (Å²) in [6.07, 6.45) is 0.869. The van der Waals surface area contributed by atoms with Gasteiger partial charge in [0.25, 0.3) is 5.69 Å². The van der Waals surface area contributed by atoms with Crippen molar-refractivity contribution in [2.24, 2.45) is 0 Å². The van der Waals surface area contributed by atoms with Gasteiger partial charge in [-0.3, -0.25) is 10.1 Å². The van der Waals surface area contributed by atoms with Crippen LogP contribution in [0.15, 0.2) is 54.6 Å². The highest BCUT2D eigenvalue weighted by atomic mass is 32.1. The molecule has 0 saturated heterocycles. The number of aromatic carboxylic acids is 1. The van der Waals surface area contributed by atoms with Crippen LogP contribution in [0.25, 0.3) is 21.6 Å². The highest BCUT2D eigenvalue weighted by Crippen LogP contribution is 2.32. The number of nitro groups is 1. The van der Waals surface area contributed by atoms with Gasteiger partial charge >= 0.3 is 5.97 Å². The van der Waals surface area contributed by atoms with Gasteiger partial charge in [-0.05, 0) is 30.2 Å². The monoisotopic (exact) mass is 434 g/mol. The second-order valence-electron chi connectivity index (χ2n) is 6.84. The molecule has 0 amide bonds. The van der Waals surface area contributed by atoms with Crippen LogP contribution in [0.2, 0.25) is 0 Å². The normalized spacial score (nSPS) is 10.9. The van der Waals surface area contributed by atoms with E-state index < -0.39 is 10.9 Å². The number of thiophene rings is 1. The molecule has 4 aromatic rings. The topological polar surface area (TPSA) is 118 Å². The van der Waals surface area contributed by atoms with E-state index in [9.17, 15) is 14.9 Å². The fraction of sp³-hybridized carbons (Fsp3) is 0.136. The molecule has 4 rings (SSSR count). The lowest BCUT2D eigenvalue weighted by atomic mass is 10.1. The fourth-order valence-corrected chi connectivity index (χ4v) is 4.10. The van der Waals surface area contributed by atoms with E-state index in [2.05, 4.69) is 22.2 Å². The van der Waals surface area contributed by atoms with Crippen molar-refractivity contribution < 1.29 is 14.8 Å². The summed E-state index contributed by atoms with van der Waals surface area (Å²) in [6.45, 7) is 2.43. The van der Waals surface area contributed by atoms with Gasteiger partial charge in [-0.25, -0.2) is 14.8 Å². The Morgan fingerprint density at radius 3 is 2.61 bits per heavy atom. The molecule has 0 atom stereocenters. The summed E-state index contributed by atoms with van der Waals surface area (Å²) in [4.78, 5) is 33.1. The number of hydrogen-bond acceptors (Lipinski definition) is 7. The van der Waals surface area contributed by atoms with Crippen LogP contribution in [0.4, 0.5) is 11.5 Å². The van der Waals surface area contributed by atoms with Gasteiger partial charge in [0.1, 0.15) is 10.6 Å². The van der Waals surface area contributed by atoms with Gasteiger partial charge in [0.15, 0.2) is 5.82 Å². The van der Waals surface area contributed by atoms with Crippen LogP contribution >= 0.6 is 11.3 Å². The minimum absolute atomic E-state index is 0.0372. The van der Waals surface area contributed by atoms with E-state index in [-0.39, 0.29) is 11.3 Å². The van der Waals surface area contributed by atoms with Crippen molar-refractivity contribution in [2.45, 2.75) is 19.9 Å². The summed E-state index contributed by atoms with van der Waals surface area (Å²) >= 11 is 1.58. The Bertz CT molecular complexity index is 1280. The van der Waals surface area contributed by atoms with Gasteiger partial charge in [-0.2, -0.15) is 0 Å². The number of carboxylic acid groups (broad SMARTS) is 1. The van der Waals surface area contributed by atoms with Crippen LogP contribution in [0.5, 0.6) is 0 Å². The molecular weight excluding hydrogens is 416 g/mol. The van der Waals surface area contributed by atoms with Crippen molar-refractivity contribution in [3.8, 4) is 11.4 Å². The van der Waals surface area contributed by atoms with E-state index in [0.29, 0.717) is 23.8 Å². The van der Waals surface area contributed by atoms with Crippen molar-refractivity contribution in [3.05, 3.63) is 80.7 Å². The molecule has 0 aliphatic heterocycles. The summed E-state index contributed by atoms with van der Waals surface area (Å²) in [6, 6.07) is 14.9. The maximum atomic E-state index is 11.1. The largest absolute Gasteiger partial charge is 0.478 e. The third kappa shape index (κ3) is 4.36. The van der Waals surface area contributed by atoms with Crippen molar-refractivity contribution in [3.63, 3.8) is 0 Å². The molecule has 0 radical (unpaired) electrons. The van der Waals surface area contributed by atoms with E-state index in [1.54, 1.807) is 29.5 Å². The van der Waals surface area contributed by atoms with Crippen LogP contribution in [0.3, 0.4) is 0 Å². The Kier molecular flexibility index (Phi) is 5.59. The average molecular weight is 434 g/mol. The smallest absolute Gasteiger partial charge is 0.335 e. The van der Waals surface area contributed by atoms with Gasteiger partial charge in [-0.15, -0.1) is 11.3 Å². The zero-order chi connectivity index (χ0) is 22.0. The standard InChI is InChI=1S/C22H18N4O4S/c1-2-17-11-18-20(23-12-13-4-3-5-16(10-13)26(29)30)24-19(25-21(18)31-17)14-6-8-15(9-7-14)22(27)28/h3-11H,2,12H2,1H3,(H,27,28)(H,23,24,25).